The van der Waals surface area contributed by atoms with Crippen LogP contribution in [-0.2, 0) is 4.79 Å². The van der Waals surface area contributed by atoms with E-state index in [2.05, 4.69) is 15.2 Å². The Labute approximate surface area is 156 Å². The standard InChI is InChI=1S/C18H19N5O2S/c1-22(2)16(24)12-26-18-21-20-17(15-9-4-5-10-19-15)23(18)13-7-6-8-14(11-13)25-3/h4-11H,12H2,1-3H3. The summed E-state index contributed by atoms with van der Waals surface area (Å²) in [7, 11) is 5.08. The van der Waals surface area contributed by atoms with Gasteiger partial charge in [0.15, 0.2) is 11.0 Å². The number of rotatable bonds is 6. The largest absolute Gasteiger partial charge is 0.497 e. The van der Waals surface area contributed by atoms with Crippen molar-refractivity contribution in [2.24, 2.45) is 0 Å². The van der Waals surface area contributed by atoms with Crippen LogP contribution in [0, 0.1) is 0 Å². The van der Waals surface area contributed by atoms with Gasteiger partial charge in [-0.3, -0.25) is 14.3 Å². The first-order valence-electron chi connectivity index (χ1n) is 7.94. The quantitative estimate of drug-likeness (QED) is 0.622. The van der Waals surface area contributed by atoms with E-state index in [0.717, 1.165) is 11.4 Å². The summed E-state index contributed by atoms with van der Waals surface area (Å²) < 4.78 is 7.22. The van der Waals surface area contributed by atoms with E-state index in [1.165, 1.54) is 11.8 Å². The Kier molecular flexibility index (Phi) is 5.52. The molecule has 26 heavy (non-hydrogen) atoms. The molecule has 2 aromatic heterocycles. The minimum Gasteiger partial charge on any atom is -0.497 e. The summed E-state index contributed by atoms with van der Waals surface area (Å²) in [6.07, 6.45) is 1.71. The molecule has 1 aromatic carbocycles. The van der Waals surface area contributed by atoms with Crippen LogP contribution in [-0.4, -0.2) is 57.5 Å². The number of amides is 1. The monoisotopic (exact) mass is 369 g/mol. The van der Waals surface area contributed by atoms with Crippen LogP contribution in [0.1, 0.15) is 0 Å². The number of thioether (sulfide) groups is 1. The van der Waals surface area contributed by atoms with Gasteiger partial charge in [0, 0.05) is 26.4 Å². The second kappa shape index (κ2) is 8.01. The Morgan fingerprint density at radius 3 is 2.73 bits per heavy atom. The van der Waals surface area contributed by atoms with Crippen LogP contribution >= 0.6 is 11.8 Å². The topological polar surface area (TPSA) is 73.1 Å². The summed E-state index contributed by atoms with van der Waals surface area (Å²) in [6, 6.07) is 13.2. The molecule has 0 aliphatic rings. The second-order valence-electron chi connectivity index (χ2n) is 5.63. The molecule has 0 unspecified atom stereocenters. The predicted octanol–water partition coefficient (Wildman–Crippen LogP) is 2.52. The highest BCUT2D eigenvalue weighted by atomic mass is 32.2. The lowest BCUT2D eigenvalue weighted by Gasteiger charge is -2.12. The molecule has 0 aliphatic carbocycles. The molecule has 134 valence electrons. The number of nitrogens with zero attached hydrogens (tertiary/aromatic N) is 5. The fraction of sp³-hybridized carbons (Fsp3) is 0.222. The van der Waals surface area contributed by atoms with Crippen molar-refractivity contribution < 1.29 is 9.53 Å². The summed E-state index contributed by atoms with van der Waals surface area (Å²) >= 11 is 1.34. The molecule has 3 aromatic rings. The van der Waals surface area contributed by atoms with Crippen LogP contribution in [0.25, 0.3) is 17.2 Å². The van der Waals surface area contributed by atoms with Crippen LogP contribution in [0.15, 0.2) is 53.8 Å². The first kappa shape index (κ1) is 17.9. The number of hydrogen-bond donors (Lipinski definition) is 0. The number of aromatic nitrogens is 4. The number of methoxy groups -OCH3 is 1. The number of ether oxygens (including phenoxy) is 1. The number of benzene rings is 1. The van der Waals surface area contributed by atoms with E-state index in [9.17, 15) is 4.79 Å². The fourth-order valence-corrected chi connectivity index (χ4v) is 3.19. The zero-order chi connectivity index (χ0) is 18.5. The second-order valence-corrected chi connectivity index (χ2v) is 6.58. The fourth-order valence-electron chi connectivity index (χ4n) is 2.26. The van der Waals surface area contributed by atoms with Gasteiger partial charge in [-0.1, -0.05) is 23.9 Å². The summed E-state index contributed by atoms with van der Waals surface area (Å²) in [5.41, 5.74) is 1.54. The number of pyridine rings is 1. The van der Waals surface area contributed by atoms with Crippen molar-refractivity contribution in [1.82, 2.24) is 24.6 Å². The molecule has 0 radical (unpaired) electrons. The van der Waals surface area contributed by atoms with Crippen molar-refractivity contribution in [3.63, 3.8) is 0 Å². The first-order chi connectivity index (χ1) is 12.6. The van der Waals surface area contributed by atoms with Crippen LogP contribution < -0.4 is 4.74 Å². The smallest absolute Gasteiger partial charge is 0.232 e. The predicted molar refractivity (Wildman–Crippen MR) is 101 cm³/mol. The van der Waals surface area contributed by atoms with Crippen molar-refractivity contribution in [1.29, 1.82) is 0 Å². The van der Waals surface area contributed by atoms with E-state index in [-0.39, 0.29) is 11.7 Å². The highest BCUT2D eigenvalue weighted by molar-refractivity contribution is 7.99. The van der Waals surface area contributed by atoms with Gasteiger partial charge < -0.3 is 9.64 Å². The zero-order valence-electron chi connectivity index (χ0n) is 14.8. The van der Waals surface area contributed by atoms with E-state index in [1.54, 1.807) is 32.3 Å². The Bertz CT molecular complexity index is 896. The highest BCUT2D eigenvalue weighted by Crippen LogP contribution is 2.28. The van der Waals surface area contributed by atoms with E-state index >= 15 is 0 Å². The Morgan fingerprint density at radius 1 is 1.19 bits per heavy atom. The van der Waals surface area contributed by atoms with Crippen LogP contribution in [0.5, 0.6) is 5.75 Å². The van der Waals surface area contributed by atoms with E-state index in [4.69, 9.17) is 4.74 Å². The molecule has 3 rings (SSSR count). The van der Waals surface area contributed by atoms with Crippen molar-refractivity contribution >= 4 is 17.7 Å². The maximum absolute atomic E-state index is 12.0. The normalized spacial score (nSPS) is 10.6. The van der Waals surface area contributed by atoms with Gasteiger partial charge in [0.25, 0.3) is 0 Å². The summed E-state index contributed by atoms with van der Waals surface area (Å²) in [4.78, 5) is 17.9. The molecule has 1 amide bonds. The number of carbonyl (C=O) groups is 1. The SMILES string of the molecule is COc1cccc(-n2c(SCC(=O)N(C)C)nnc2-c2ccccn2)c1. The van der Waals surface area contributed by atoms with Gasteiger partial charge in [0.1, 0.15) is 11.4 Å². The van der Waals surface area contributed by atoms with Crippen molar-refractivity contribution in [2.45, 2.75) is 5.16 Å². The third-order valence-electron chi connectivity index (χ3n) is 3.66. The Morgan fingerprint density at radius 2 is 2.04 bits per heavy atom. The van der Waals surface area contributed by atoms with Crippen LogP contribution in [0.4, 0.5) is 0 Å². The summed E-state index contributed by atoms with van der Waals surface area (Å²) in [5, 5.41) is 9.20. The molecular weight excluding hydrogens is 350 g/mol. The molecule has 2 heterocycles. The highest BCUT2D eigenvalue weighted by Gasteiger charge is 2.18. The Balaban J connectivity index is 2.05. The summed E-state index contributed by atoms with van der Waals surface area (Å²) in [5.74, 6) is 1.62. The van der Waals surface area contributed by atoms with Gasteiger partial charge in [0.05, 0.1) is 18.6 Å². The molecule has 0 atom stereocenters. The molecule has 0 saturated heterocycles. The molecule has 0 aliphatic heterocycles. The van der Waals surface area contributed by atoms with Crippen LogP contribution in [0.2, 0.25) is 0 Å². The zero-order valence-corrected chi connectivity index (χ0v) is 15.6. The minimum atomic E-state index is 0.00887. The number of carbonyl (C=O) groups excluding carboxylic acids is 1. The lowest BCUT2D eigenvalue weighted by Crippen LogP contribution is -2.23. The van der Waals surface area contributed by atoms with Gasteiger partial charge in [-0.15, -0.1) is 10.2 Å². The van der Waals surface area contributed by atoms with Gasteiger partial charge in [0.2, 0.25) is 5.91 Å². The van der Waals surface area contributed by atoms with Gasteiger partial charge >= 0.3 is 0 Å². The molecule has 7 nitrogen and oxygen atoms in total. The molecule has 0 fully saturated rings. The van der Waals surface area contributed by atoms with E-state index < -0.39 is 0 Å². The van der Waals surface area contributed by atoms with E-state index in [0.29, 0.717) is 16.7 Å². The maximum Gasteiger partial charge on any atom is 0.232 e. The average molecular weight is 369 g/mol. The van der Waals surface area contributed by atoms with E-state index in [1.807, 2.05) is 47.0 Å². The Hall–Kier alpha value is -2.87. The van der Waals surface area contributed by atoms with Gasteiger partial charge in [-0.25, -0.2) is 0 Å². The van der Waals surface area contributed by atoms with Gasteiger partial charge in [-0.05, 0) is 24.3 Å². The molecule has 0 bridgehead atoms. The van der Waals surface area contributed by atoms with Gasteiger partial charge in [-0.2, -0.15) is 0 Å². The molecule has 0 N–H and O–H groups in total. The average Bonchev–Trinajstić information content (AvgIpc) is 3.10. The maximum atomic E-state index is 12.0. The summed E-state index contributed by atoms with van der Waals surface area (Å²) in [6.45, 7) is 0. The third kappa shape index (κ3) is 3.85. The third-order valence-corrected chi connectivity index (χ3v) is 4.58. The van der Waals surface area contributed by atoms with Crippen molar-refractivity contribution in [2.75, 3.05) is 27.0 Å². The molecule has 0 saturated carbocycles. The number of hydrogen-bond acceptors (Lipinski definition) is 6. The minimum absolute atomic E-state index is 0.00887. The van der Waals surface area contributed by atoms with Crippen molar-refractivity contribution in [3.8, 4) is 23.0 Å². The lowest BCUT2D eigenvalue weighted by atomic mass is 10.2. The van der Waals surface area contributed by atoms with Crippen molar-refractivity contribution in [3.05, 3.63) is 48.7 Å². The molecule has 0 spiro atoms. The first-order valence-corrected chi connectivity index (χ1v) is 8.93. The molecule has 8 heteroatoms. The molecular formula is C18H19N5O2S. The van der Waals surface area contributed by atoms with Crippen LogP contribution in [0.3, 0.4) is 0 Å². The lowest BCUT2D eigenvalue weighted by molar-refractivity contribution is -0.125.